The molecule has 0 aromatic carbocycles. The van der Waals surface area contributed by atoms with Crippen molar-refractivity contribution in [2.45, 2.75) is 148 Å². The highest BCUT2D eigenvalue weighted by Crippen LogP contribution is 2.67. The number of carbonyl (C=O) groups excluding carboxylic acids is 2. The van der Waals surface area contributed by atoms with Gasteiger partial charge in [-0.15, -0.1) is 0 Å². The summed E-state index contributed by atoms with van der Waals surface area (Å²) in [6, 6.07) is 0.797. The lowest BCUT2D eigenvalue weighted by molar-refractivity contribution is -0.940. The Labute approximate surface area is 272 Å². The van der Waals surface area contributed by atoms with E-state index >= 15 is 0 Å². The van der Waals surface area contributed by atoms with E-state index in [0.29, 0.717) is 41.7 Å². The molecule has 4 saturated carbocycles. The topological polar surface area (TPSA) is 55.8 Å². The molecule has 6 fully saturated rings. The van der Waals surface area contributed by atoms with Crippen molar-refractivity contribution in [3.63, 3.8) is 0 Å². The van der Waals surface area contributed by atoms with Crippen LogP contribution in [0.3, 0.4) is 0 Å². The van der Waals surface area contributed by atoms with Crippen molar-refractivity contribution in [2.24, 2.45) is 34.5 Å². The molecule has 6 nitrogen and oxygen atoms in total. The van der Waals surface area contributed by atoms with Crippen LogP contribution in [0.5, 0.6) is 0 Å². The number of esters is 2. The fraction of sp³-hybridized carbons (Fsp3) is 0.944. The van der Waals surface area contributed by atoms with Gasteiger partial charge in [-0.25, -0.2) is 0 Å². The average molecular weight is 666 g/mol. The third-order valence-electron chi connectivity index (χ3n) is 14.1. The van der Waals surface area contributed by atoms with Gasteiger partial charge in [0.1, 0.15) is 12.1 Å². The molecule has 6 rings (SSSR count). The molecule has 0 spiro atoms. The number of fused-ring (bicyclic) bond motifs is 5. The number of likely N-dealkylation sites (tertiary alicyclic amines) is 2. The van der Waals surface area contributed by atoms with Gasteiger partial charge in [-0.05, 0) is 119 Å². The quantitative estimate of drug-likeness (QED) is 0.320. The summed E-state index contributed by atoms with van der Waals surface area (Å²) in [4.78, 5) is 28.0. The summed E-state index contributed by atoms with van der Waals surface area (Å²) >= 11 is 0. The SMILES string of the molecule is CCCC(=O)O[C@@H]1[C@@H]([N+]2(C)CCCCC2)C[C@H]2[C@@H]3CC[C@H]4C[C@H](OC(C)=O)[C@@H](N5CCCCC5)C[C@]4(C)[C@H]3CC[C@]12C.[Br-]. The molecular weight excluding hydrogens is 604 g/mol. The van der Waals surface area contributed by atoms with Crippen LogP contribution in [0.1, 0.15) is 124 Å². The van der Waals surface area contributed by atoms with Gasteiger partial charge in [0.25, 0.3) is 0 Å². The minimum absolute atomic E-state index is 0. The zero-order chi connectivity index (χ0) is 29.7. The van der Waals surface area contributed by atoms with Crippen molar-refractivity contribution >= 4 is 11.9 Å². The van der Waals surface area contributed by atoms with Crippen LogP contribution in [0.4, 0.5) is 0 Å². The molecule has 0 amide bonds. The van der Waals surface area contributed by atoms with E-state index in [4.69, 9.17) is 9.47 Å². The van der Waals surface area contributed by atoms with E-state index in [1.165, 1.54) is 90.1 Å². The smallest absolute Gasteiger partial charge is 0.306 e. The van der Waals surface area contributed by atoms with E-state index in [1.807, 2.05) is 0 Å². The summed E-state index contributed by atoms with van der Waals surface area (Å²) in [5.41, 5.74) is 0.372. The molecule has 2 saturated heterocycles. The molecule has 6 aliphatic rings. The number of rotatable bonds is 6. The Hall–Kier alpha value is -0.660. The summed E-state index contributed by atoms with van der Waals surface area (Å²) in [6.45, 7) is 13.6. The maximum Gasteiger partial charge on any atom is 0.306 e. The first-order valence-corrected chi connectivity index (χ1v) is 18.0. The normalized spacial score (nSPS) is 44.2. The van der Waals surface area contributed by atoms with E-state index in [1.54, 1.807) is 6.92 Å². The maximum absolute atomic E-state index is 13.1. The van der Waals surface area contributed by atoms with Gasteiger partial charge in [-0.1, -0.05) is 27.2 Å². The molecule has 0 unspecified atom stereocenters. The number of hydrogen-bond acceptors (Lipinski definition) is 5. The largest absolute Gasteiger partial charge is 1.00 e. The summed E-state index contributed by atoms with van der Waals surface area (Å²) < 4.78 is 13.8. The average Bonchev–Trinajstić information content (AvgIpc) is 3.26. The Bertz CT molecular complexity index is 996. The second kappa shape index (κ2) is 13.2. The predicted molar refractivity (Wildman–Crippen MR) is 166 cm³/mol. The molecule has 0 aromatic heterocycles. The molecule has 43 heavy (non-hydrogen) atoms. The third-order valence-corrected chi connectivity index (χ3v) is 14.1. The predicted octanol–water partition coefficient (Wildman–Crippen LogP) is 3.75. The molecule has 0 aromatic rings. The van der Waals surface area contributed by atoms with Crippen molar-refractivity contribution in [1.82, 2.24) is 4.90 Å². The van der Waals surface area contributed by atoms with Crippen LogP contribution in [0.2, 0.25) is 0 Å². The molecule has 2 aliphatic heterocycles. The molecule has 4 aliphatic carbocycles. The van der Waals surface area contributed by atoms with Crippen LogP contribution in [-0.2, 0) is 19.1 Å². The van der Waals surface area contributed by atoms with Crippen molar-refractivity contribution in [2.75, 3.05) is 33.2 Å². The lowest BCUT2D eigenvalue weighted by atomic mass is 9.44. The molecular formula is C36H61BrN2O4. The molecule has 0 N–H and O–H groups in total. The number of hydrogen-bond donors (Lipinski definition) is 0. The van der Waals surface area contributed by atoms with Gasteiger partial charge in [-0.3, -0.25) is 14.5 Å². The maximum atomic E-state index is 13.1. The van der Waals surface area contributed by atoms with Gasteiger partial charge in [-0.2, -0.15) is 0 Å². The lowest BCUT2D eigenvalue weighted by Gasteiger charge is -2.62. The van der Waals surface area contributed by atoms with Crippen LogP contribution in [0.25, 0.3) is 0 Å². The Balaban J connectivity index is 0.00000368. The second-order valence-corrected chi connectivity index (χ2v) is 16.4. The number of ether oxygens (including phenoxy) is 2. The van der Waals surface area contributed by atoms with Crippen molar-refractivity contribution in [3.8, 4) is 0 Å². The number of quaternary nitrogens is 1. The van der Waals surface area contributed by atoms with Crippen LogP contribution >= 0.6 is 0 Å². The number of nitrogens with zero attached hydrogens (tertiary/aromatic N) is 2. The summed E-state index contributed by atoms with van der Waals surface area (Å²) in [7, 11) is 2.49. The molecule has 0 bridgehead atoms. The van der Waals surface area contributed by atoms with E-state index in [0.717, 1.165) is 36.3 Å². The van der Waals surface area contributed by atoms with Crippen LogP contribution in [0.15, 0.2) is 0 Å². The summed E-state index contributed by atoms with van der Waals surface area (Å²) in [5, 5.41) is 0. The minimum Gasteiger partial charge on any atom is -1.00 e. The van der Waals surface area contributed by atoms with Crippen LogP contribution in [0, 0.1) is 34.5 Å². The molecule has 0 radical (unpaired) electrons. The monoisotopic (exact) mass is 664 g/mol. The number of piperidine rings is 2. The minimum atomic E-state index is -0.109. The highest BCUT2D eigenvalue weighted by Gasteiger charge is 2.67. The lowest BCUT2D eigenvalue weighted by Crippen LogP contribution is -3.00. The Morgan fingerprint density at radius 1 is 0.884 bits per heavy atom. The van der Waals surface area contributed by atoms with Gasteiger partial charge in [0.15, 0.2) is 6.10 Å². The molecule has 10 atom stereocenters. The van der Waals surface area contributed by atoms with Gasteiger partial charge < -0.3 is 30.9 Å². The van der Waals surface area contributed by atoms with Gasteiger partial charge >= 0.3 is 11.9 Å². The van der Waals surface area contributed by atoms with Gasteiger partial charge in [0.05, 0.1) is 20.1 Å². The van der Waals surface area contributed by atoms with Crippen molar-refractivity contribution in [1.29, 1.82) is 0 Å². The Kier molecular flexibility index (Phi) is 10.4. The fourth-order valence-electron chi connectivity index (χ4n) is 11.9. The molecule has 246 valence electrons. The first-order chi connectivity index (χ1) is 20.1. The number of likely N-dealkylation sites (N-methyl/N-ethyl adjacent to an activating group) is 1. The summed E-state index contributed by atoms with van der Waals surface area (Å²) in [6.07, 6.45) is 17.7. The number of halogens is 1. The van der Waals surface area contributed by atoms with Crippen LogP contribution in [-0.4, -0.2) is 78.8 Å². The molecule has 2 heterocycles. The summed E-state index contributed by atoms with van der Waals surface area (Å²) in [5.74, 6) is 2.63. The first-order valence-electron chi connectivity index (χ1n) is 18.0. The van der Waals surface area contributed by atoms with E-state index in [2.05, 4.69) is 32.7 Å². The highest BCUT2D eigenvalue weighted by molar-refractivity contribution is 5.69. The zero-order valence-corrected chi connectivity index (χ0v) is 29.5. The van der Waals surface area contributed by atoms with Gasteiger partial charge in [0.2, 0.25) is 0 Å². The fourth-order valence-corrected chi connectivity index (χ4v) is 11.9. The third kappa shape index (κ3) is 6.11. The zero-order valence-electron chi connectivity index (χ0n) is 28.0. The van der Waals surface area contributed by atoms with E-state index in [-0.39, 0.29) is 46.5 Å². The first kappa shape index (κ1) is 33.7. The van der Waals surface area contributed by atoms with Gasteiger partial charge in [0, 0.05) is 31.2 Å². The van der Waals surface area contributed by atoms with Crippen LogP contribution < -0.4 is 17.0 Å². The van der Waals surface area contributed by atoms with Crippen molar-refractivity contribution in [3.05, 3.63) is 0 Å². The number of carbonyl (C=O) groups is 2. The second-order valence-electron chi connectivity index (χ2n) is 16.4. The Morgan fingerprint density at radius 2 is 1.58 bits per heavy atom. The molecule has 7 heteroatoms. The highest BCUT2D eigenvalue weighted by atomic mass is 79.9. The van der Waals surface area contributed by atoms with E-state index in [9.17, 15) is 9.59 Å². The van der Waals surface area contributed by atoms with E-state index < -0.39 is 0 Å². The van der Waals surface area contributed by atoms with Crippen molar-refractivity contribution < 1.29 is 40.5 Å². The standard InChI is InChI=1S/C36H61N2O4.BrH/c1-6-13-33(40)42-34-31(38(5)20-11-8-12-21-38)23-29-27-15-14-26-22-32(41-25(2)39)30(37-18-9-7-10-19-37)24-36(26,4)28(27)16-17-35(29,34)3;/h26-32,34H,6-24H2,1-5H3;1H/q+1;/p-1/t26-,27+,28-,29-,30-,31-,32-,34+,35-,36-;/m0./s1. The Morgan fingerprint density at radius 3 is 2.26 bits per heavy atom.